The van der Waals surface area contributed by atoms with Gasteiger partial charge in [0.2, 0.25) is 0 Å². The zero-order valence-corrected chi connectivity index (χ0v) is 11.9. The molecular weight excluding hydrogens is 242 g/mol. The van der Waals surface area contributed by atoms with Crippen molar-refractivity contribution >= 4 is 5.91 Å². The van der Waals surface area contributed by atoms with Gasteiger partial charge in [-0.05, 0) is 33.8 Å². The third-order valence-electron chi connectivity index (χ3n) is 3.08. The fraction of sp³-hybridized carbons (Fsp3) is 0.533. The second-order valence-corrected chi connectivity index (χ2v) is 5.44. The number of amides is 1. The molecule has 0 saturated carbocycles. The number of carbonyl (C=O) groups excluding carboxylic acids is 1. The lowest BCUT2D eigenvalue weighted by atomic mass is 10.0. The summed E-state index contributed by atoms with van der Waals surface area (Å²) in [6.45, 7) is 8.32. The molecule has 1 N–H and O–H groups in total. The normalized spacial score (nSPS) is 17.3. The second kappa shape index (κ2) is 5.11. The fourth-order valence-corrected chi connectivity index (χ4v) is 2.24. The van der Waals surface area contributed by atoms with Gasteiger partial charge in [0.05, 0.1) is 0 Å². The van der Waals surface area contributed by atoms with Crippen LogP contribution in [0.2, 0.25) is 0 Å². The van der Waals surface area contributed by atoms with E-state index in [0.29, 0.717) is 12.3 Å². The molecule has 4 nitrogen and oxygen atoms in total. The highest BCUT2D eigenvalue weighted by Crippen LogP contribution is 2.42. The molecule has 1 aromatic carbocycles. The average molecular weight is 263 g/mol. The molecule has 19 heavy (non-hydrogen) atoms. The van der Waals surface area contributed by atoms with Crippen LogP contribution in [-0.4, -0.2) is 24.2 Å². The highest BCUT2D eigenvalue weighted by Gasteiger charge is 2.32. The Morgan fingerprint density at radius 1 is 1.53 bits per heavy atom. The average Bonchev–Trinajstić information content (AvgIpc) is 2.64. The smallest absolute Gasteiger partial charge is 0.260 e. The van der Waals surface area contributed by atoms with Gasteiger partial charge in [-0.25, -0.2) is 0 Å². The van der Waals surface area contributed by atoms with E-state index in [2.05, 4.69) is 5.32 Å². The number of ether oxygens (including phenoxy) is 2. The van der Waals surface area contributed by atoms with Gasteiger partial charge in [0.15, 0.2) is 17.6 Å². The summed E-state index contributed by atoms with van der Waals surface area (Å²) in [5.41, 5.74) is 0.919. The van der Waals surface area contributed by atoms with Crippen LogP contribution in [-0.2, 0) is 11.2 Å². The molecular formula is C15H21NO3. The Balaban J connectivity index is 2.15. The van der Waals surface area contributed by atoms with Gasteiger partial charge in [-0.2, -0.15) is 0 Å². The number of rotatable bonds is 4. The summed E-state index contributed by atoms with van der Waals surface area (Å²) in [5, 5.41) is 2.74. The zero-order valence-electron chi connectivity index (χ0n) is 11.9. The molecule has 1 aromatic rings. The van der Waals surface area contributed by atoms with Crippen LogP contribution >= 0.6 is 0 Å². The maximum absolute atomic E-state index is 11.7. The molecule has 1 aliphatic heterocycles. The topological polar surface area (TPSA) is 47.6 Å². The molecule has 1 heterocycles. The minimum absolute atomic E-state index is 0.114. The standard InChI is InChI=1S/C15H21NO3/c1-5-16-14(17)10(2)18-12-8-6-7-11-9-15(3,4)19-13(11)12/h6-8,10H,5,9H2,1-4H3,(H,16,17). The third kappa shape index (κ3) is 3.00. The highest BCUT2D eigenvalue weighted by atomic mass is 16.5. The van der Waals surface area contributed by atoms with E-state index in [9.17, 15) is 4.79 Å². The van der Waals surface area contributed by atoms with Crippen molar-refractivity contribution in [3.63, 3.8) is 0 Å². The van der Waals surface area contributed by atoms with E-state index in [-0.39, 0.29) is 11.5 Å². The van der Waals surface area contributed by atoms with Crippen LogP contribution in [0.5, 0.6) is 11.5 Å². The Hall–Kier alpha value is -1.71. The fourth-order valence-electron chi connectivity index (χ4n) is 2.24. The summed E-state index contributed by atoms with van der Waals surface area (Å²) in [6, 6.07) is 5.81. The summed E-state index contributed by atoms with van der Waals surface area (Å²) >= 11 is 0. The first kappa shape index (κ1) is 13.7. The number of hydrogen-bond donors (Lipinski definition) is 1. The number of para-hydroxylation sites is 1. The summed E-state index contributed by atoms with van der Waals surface area (Å²) in [7, 11) is 0. The lowest BCUT2D eigenvalue weighted by Crippen LogP contribution is -2.36. The monoisotopic (exact) mass is 263 g/mol. The van der Waals surface area contributed by atoms with Crippen LogP contribution in [0.25, 0.3) is 0 Å². The summed E-state index contributed by atoms with van der Waals surface area (Å²) < 4.78 is 11.6. The predicted molar refractivity (Wildman–Crippen MR) is 73.6 cm³/mol. The highest BCUT2D eigenvalue weighted by molar-refractivity contribution is 5.80. The SMILES string of the molecule is CCNC(=O)C(C)Oc1cccc2c1OC(C)(C)C2. The zero-order chi connectivity index (χ0) is 14.0. The largest absolute Gasteiger partial charge is 0.483 e. The lowest BCUT2D eigenvalue weighted by molar-refractivity contribution is -0.127. The van der Waals surface area contributed by atoms with Crippen LogP contribution in [0.4, 0.5) is 0 Å². The molecule has 0 aromatic heterocycles. The van der Waals surface area contributed by atoms with Crippen LogP contribution < -0.4 is 14.8 Å². The first-order valence-corrected chi connectivity index (χ1v) is 6.68. The number of benzene rings is 1. The van der Waals surface area contributed by atoms with Crippen molar-refractivity contribution in [3.8, 4) is 11.5 Å². The van der Waals surface area contributed by atoms with Gasteiger partial charge in [-0.15, -0.1) is 0 Å². The van der Waals surface area contributed by atoms with Gasteiger partial charge < -0.3 is 14.8 Å². The Morgan fingerprint density at radius 3 is 2.95 bits per heavy atom. The van der Waals surface area contributed by atoms with Gasteiger partial charge >= 0.3 is 0 Å². The molecule has 0 saturated heterocycles. The summed E-state index contributed by atoms with van der Waals surface area (Å²) in [4.78, 5) is 11.7. The molecule has 0 spiro atoms. The second-order valence-electron chi connectivity index (χ2n) is 5.44. The van der Waals surface area contributed by atoms with Crippen molar-refractivity contribution in [1.29, 1.82) is 0 Å². The summed E-state index contributed by atoms with van der Waals surface area (Å²) in [5.74, 6) is 1.29. The Kier molecular flexibility index (Phi) is 3.69. The van der Waals surface area contributed by atoms with Gasteiger partial charge in [0.1, 0.15) is 5.60 Å². The maximum atomic E-state index is 11.7. The van der Waals surface area contributed by atoms with Crippen LogP contribution in [0.3, 0.4) is 0 Å². The molecule has 0 radical (unpaired) electrons. The summed E-state index contributed by atoms with van der Waals surface area (Å²) in [6.07, 6.45) is 0.327. The number of carbonyl (C=O) groups is 1. The van der Waals surface area contributed by atoms with E-state index in [0.717, 1.165) is 17.7 Å². The Labute approximate surface area is 114 Å². The maximum Gasteiger partial charge on any atom is 0.260 e. The first-order valence-electron chi connectivity index (χ1n) is 6.68. The molecule has 1 aliphatic rings. The van der Waals surface area contributed by atoms with Gasteiger partial charge in [-0.1, -0.05) is 12.1 Å². The van der Waals surface area contributed by atoms with Crippen molar-refractivity contribution in [1.82, 2.24) is 5.32 Å². The van der Waals surface area contributed by atoms with Crippen molar-refractivity contribution in [2.45, 2.75) is 45.8 Å². The quantitative estimate of drug-likeness (QED) is 0.906. The van der Waals surface area contributed by atoms with Crippen molar-refractivity contribution < 1.29 is 14.3 Å². The Bertz CT molecular complexity index is 482. The molecule has 0 bridgehead atoms. The molecule has 4 heteroatoms. The van der Waals surface area contributed by atoms with Gasteiger partial charge in [-0.3, -0.25) is 4.79 Å². The Morgan fingerprint density at radius 2 is 2.26 bits per heavy atom. The van der Waals surface area contributed by atoms with Gasteiger partial charge in [0.25, 0.3) is 5.91 Å². The number of fused-ring (bicyclic) bond motifs is 1. The van der Waals surface area contributed by atoms with Crippen molar-refractivity contribution in [2.24, 2.45) is 0 Å². The number of nitrogens with one attached hydrogen (secondary N) is 1. The van der Waals surface area contributed by atoms with E-state index in [1.807, 2.05) is 39.0 Å². The first-order chi connectivity index (χ1) is 8.93. The van der Waals surface area contributed by atoms with Gasteiger partial charge in [0, 0.05) is 18.5 Å². The minimum Gasteiger partial charge on any atom is -0.483 e. The van der Waals surface area contributed by atoms with Crippen molar-refractivity contribution in [3.05, 3.63) is 23.8 Å². The molecule has 104 valence electrons. The van der Waals surface area contributed by atoms with Crippen molar-refractivity contribution in [2.75, 3.05) is 6.54 Å². The predicted octanol–water partition coefficient (Wildman–Crippen LogP) is 2.30. The molecule has 2 rings (SSSR count). The molecule has 0 fully saturated rings. The number of likely N-dealkylation sites (N-methyl/N-ethyl adjacent to an activating group) is 1. The molecule has 1 unspecified atom stereocenters. The minimum atomic E-state index is -0.529. The van der Waals surface area contributed by atoms with E-state index in [1.54, 1.807) is 6.92 Å². The van der Waals surface area contributed by atoms with E-state index in [1.165, 1.54) is 0 Å². The molecule has 0 aliphatic carbocycles. The molecule has 1 amide bonds. The van der Waals surface area contributed by atoms with Crippen LogP contribution in [0.1, 0.15) is 33.3 Å². The molecule has 1 atom stereocenters. The third-order valence-corrected chi connectivity index (χ3v) is 3.08. The number of hydrogen-bond acceptors (Lipinski definition) is 3. The lowest BCUT2D eigenvalue weighted by Gasteiger charge is -2.19. The van der Waals surface area contributed by atoms with Crippen LogP contribution in [0, 0.1) is 0 Å². The van der Waals surface area contributed by atoms with Crippen LogP contribution in [0.15, 0.2) is 18.2 Å². The van der Waals surface area contributed by atoms with E-state index < -0.39 is 6.10 Å². The van der Waals surface area contributed by atoms with E-state index in [4.69, 9.17) is 9.47 Å². The van der Waals surface area contributed by atoms with E-state index >= 15 is 0 Å².